The first kappa shape index (κ1) is 12.1. The lowest BCUT2D eigenvalue weighted by Crippen LogP contribution is -2.03. The smallest absolute Gasteiger partial charge is 0.203 e. The molecule has 0 saturated heterocycles. The maximum absolute atomic E-state index is 11.8. The highest BCUT2D eigenvalue weighted by Gasteiger charge is 2.07. The fourth-order valence-electron chi connectivity index (χ4n) is 1.61. The van der Waals surface area contributed by atoms with Crippen molar-refractivity contribution in [3.8, 4) is 0 Å². The first-order valence-electron chi connectivity index (χ1n) is 5.60. The van der Waals surface area contributed by atoms with Crippen LogP contribution in [0.1, 0.15) is 21.9 Å². The molecule has 0 aliphatic rings. The fraction of sp³-hybridized carbons (Fsp3) is 0.143. The summed E-state index contributed by atoms with van der Waals surface area (Å²) >= 11 is 0. The number of ketones is 1. The Bertz CT molecular complexity index is 589. The number of carbonyl (C=O) groups is 1. The van der Waals surface area contributed by atoms with E-state index >= 15 is 0 Å². The van der Waals surface area contributed by atoms with Gasteiger partial charge in [0.2, 0.25) is 5.78 Å². The standard InChI is InChI=1S/C14H14N2O2/c1-11-10-13(16(2)15-11)14(17)8-4-3-6-12-7-5-9-18-12/h3-10H,1-2H3/b6-3+,8-4+. The lowest BCUT2D eigenvalue weighted by molar-refractivity contribution is 0.103. The highest BCUT2D eigenvalue weighted by molar-refractivity contribution is 6.03. The molecule has 0 spiro atoms. The van der Waals surface area contributed by atoms with Gasteiger partial charge in [0, 0.05) is 7.05 Å². The molecular weight excluding hydrogens is 228 g/mol. The SMILES string of the molecule is Cc1cc(C(=O)/C=C/C=C/c2ccco2)n(C)n1. The second-order valence-electron chi connectivity index (χ2n) is 3.89. The topological polar surface area (TPSA) is 48.0 Å². The molecular formula is C14H14N2O2. The number of aromatic nitrogens is 2. The summed E-state index contributed by atoms with van der Waals surface area (Å²) in [7, 11) is 1.76. The second-order valence-corrected chi connectivity index (χ2v) is 3.89. The molecule has 0 radical (unpaired) electrons. The molecule has 0 amide bonds. The van der Waals surface area contributed by atoms with Crippen molar-refractivity contribution in [2.75, 3.05) is 0 Å². The molecule has 0 aliphatic heterocycles. The van der Waals surface area contributed by atoms with Crippen molar-refractivity contribution in [2.45, 2.75) is 6.92 Å². The minimum Gasteiger partial charge on any atom is -0.465 e. The Morgan fingerprint density at radius 2 is 2.28 bits per heavy atom. The first-order chi connectivity index (χ1) is 8.66. The average Bonchev–Trinajstić information content (AvgIpc) is 2.94. The van der Waals surface area contributed by atoms with Gasteiger partial charge in [-0.2, -0.15) is 5.10 Å². The van der Waals surface area contributed by atoms with Gasteiger partial charge in [0.25, 0.3) is 0 Å². The van der Waals surface area contributed by atoms with Crippen LogP contribution in [-0.4, -0.2) is 15.6 Å². The number of hydrogen-bond acceptors (Lipinski definition) is 3. The molecule has 0 aromatic carbocycles. The lowest BCUT2D eigenvalue weighted by atomic mass is 10.2. The molecule has 2 heterocycles. The van der Waals surface area contributed by atoms with Gasteiger partial charge in [-0.05, 0) is 37.3 Å². The van der Waals surface area contributed by atoms with Crippen molar-refractivity contribution in [3.63, 3.8) is 0 Å². The third-order valence-corrected chi connectivity index (χ3v) is 2.42. The quantitative estimate of drug-likeness (QED) is 0.470. The van der Waals surface area contributed by atoms with Crippen molar-refractivity contribution in [3.05, 3.63) is 59.8 Å². The number of aryl methyl sites for hydroxylation is 2. The van der Waals surface area contributed by atoms with Crippen LogP contribution in [0.4, 0.5) is 0 Å². The Labute approximate surface area is 105 Å². The Morgan fingerprint density at radius 1 is 1.44 bits per heavy atom. The number of allylic oxidation sites excluding steroid dienone is 3. The molecule has 2 aromatic rings. The zero-order valence-electron chi connectivity index (χ0n) is 10.3. The minimum absolute atomic E-state index is 0.0674. The van der Waals surface area contributed by atoms with Gasteiger partial charge in [-0.15, -0.1) is 0 Å². The van der Waals surface area contributed by atoms with Crippen molar-refractivity contribution in [2.24, 2.45) is 7.05 Å². The van der Waals surface area contributed by atoms with E-state index in [1.54, 1.807) is 42.3 Å². The van der Waals surface area contributed by atoms with E-state index < -0.39 is 0 Å². The minimum atomic E-state index is -0.0674. The van der Waals surface area contributed by atoms with E-state index in [1.165, 1.54) is 6.08 Å². The molecule has 18 heavy (non-hydrogen) atoms. The zero-order valence-corrected chi connectivity index (χ0v) is 10.3. The van der Waals surface area contributed by atoms with Crippen LogP contribution in [0, 0.1) is 6.92 Å². The summed E-state index contributed by atoms with van der Waals surface area (Å²) in [6.07, 6.45) is 8.36. The summed E-state index contributed by atoms with van der Waals surface area (Å²) in [5.74, 6) is 0.686. The van der Waals surface area contributed by atoms with Crippen LogP contribution in [-0.2, 0) is 7.05 Å². The van der Waals surface area contributed by atoms with E-state index in [2.05, 4.69) is 5.10 Å². The van der Waals surface area contributed by atoms with E-state index in [0.717, 1.165) is 11.5 Å². The van der Waals surface area contributed by atoms with Crippen LogP contribution in [0.2, 0.25) is 0 Å². The number of rotatable bonds is 4. The summed E-state index contributed by atoms with van der Waals surface area (Å²) in [6, 6.07) is 5.42. The zero-order chi connectivity index (χ0) is 13.0. The van der Waals surface area contributed by atoms with Crippen LogP contribution in [0.15, 0.2) is 47.1 Å². The molecule has 2 rings (SSSR count). The summed E-state index contributed by atoms with van der Waals surface area (Å²) in [5, 5.41) is 4.13. The molecule has 0 atom stereocenters. The van der Waals surface area contributed by atoms with E-state index in [0.29, 0.717) is 5.69 Å². The predicted octanol–water partition coefficient (Wildman–Crippen LogP) is 2.77. The maximum atomic E-state index is 11.8. The normalized spacial score (nSPS) is 11.7. The number of hydrogen-bond donors (Lipinski definition) is 0. The van der Waals surface area contributed by atoms with Gasteiger partial charge in [-0.1, -0.05) is 12.2 Å². The van der Waals surface area contributed by atoms with E-state index in [9.17, 15) is 4.79 Å². The predicted molar refractivity (Wildman–Crippen MR) is 69.2 cm³/mol. The van der Waals surface area contributed by atoms with Crippen molar-refractivity contribution in [1.82, 2.24) is 9.78 Å². The molecule has 0 bridgehead atoms. The van der Waals surface area contributed by atoms with Gasteiger partial charge in [0.1, 0.15) is 11.5 Å². The third kappa shape index (κ3) is 2.85. The van der Waals surface area contributed by atoms with Gasteiger partial charge < -0.3 is 4.42 Å². The highest BCUT2D eigenvalue weighted by Crippen LogP contribution is 2.05. The first-order valence-corrected chi connectivity index (χ1v) is 5.60. The summed E-state index contributed by atoms with van der Waals surface area (Å²) in [4.78, 5) is 11.8. The van der Waals surface area contributed by atoms with Crippen molar-refractivity contribution < 1.29 is 9.21 Å². The van der Waals surface area contributed by atoms with Crippen LogP contribution in [0.5, 0.6) is 0 Å². The van der Waals surface area contributed by atoms with E-state index in [1.807, 2.05) is 19.1 Å². The molecule has 0 N–H and O–H groups in total. The largest absolute Gasteiger partial charge is 0.465 e. The molecule has 2 aromatic heterocycles. The van der Waals surface area contributed by atoms with Crippen LogP contribution >= 0.6 is 0 Å². The monoisotopic (exact) mass is 242 g/mol. The van der Waals surface area contributed by atoms with E-state index in [-0.39, 0.29) is 5.78 Å². The summed E-state index contributed by atoms with van der Waals surface area (Å²) < 4.78 is 6.71. The van der Waals surface area contributed by atoms with Gasteiger partial charge >= 0.3 is 0 Å². The van der Waals surface area contributed by atoms with Gasteiger partial charge in [0.05, 0.1) is 12.0 Å². The summed E-state index contributed by atoms with van der Waals surface area (Å²) in [6.45, 7) is 1.86. The maximum Gasteiger partial charge on any atom is 0.203 e. The molecule has 92 valence electrons. The number of carbonyl (C=O) groups excluding carboxylic acids is 1. The Kier molecular flexibility index (Phi) is 3.57. The average molecular weight is 242 g/mol. The lowest BCUT2D eigenvalue weighted by Gasteiger charge is -1.94. The molecule has 0 aliphatic carbocycles. The Hall–Kier alpha value is -2.36. The van der Waals surface area contributed by atoms with Crippen molar-refractivity contribution in [1.29, 1.82) is 0 Å². The van der Waals surface area contributed by atoms with Crippen LogP contribution in [0.3, 0.4) is 0 Å². The highest BCUT2D eigenvalue weighted by atomic mass is 16.3. The van der Waals surface area contributed by atoms with Crippen LogP contribution in [0.25, 0.3) is 6.08 Å². The molecule has 0 unspecified atom stereocenters. The Balaban J connectivity index is 2.01. The van der Waals surface area contributed by atoms with Gasteiger partial charge in [0.15, 0.2) is 0 Å². The molecule has 0 fully saturated rings. The number of furan rings is 1. The second kappa shape index (κ2) is 5.31. The van der Waals surface area contributed by atoms with E-state index in [4.69, 9.17) is 4.42 Å². The Morgan fingerprint density at radius 3 is 2.89 bits per heavy atom. The molecule has 4 nitrogen and oxygen atoms in total. The number of nitrogens with zero attached hydrogens (tertiary/aromatic N) is 2. The van der Waals surface area contributed by atoms with Crippen molar-refractivity contribution >= 4 is 11.9 Å². The fourth-order valence-corrected chi connectivity index (χ4v) is 1.61. The van der Waals surface area contributed by atoms with Gasteiger partial charge in [-0.25, -0.2) is 0 Å². The molecule has 0 saturated carbocycles. The molecule has 4 heteroatoms. The summed E-state index contributed by atoms with van der Waals surface area (Å²) in [5.41, 5.74) is 1.41. The van der Waals surface area contributed by atoms with Crippen LogP contribution < -0.4 is 0 Å². The van der Waals surface area contributed by atoms with Gasteiger partial charge in [-0.3, -0.25) is 9.48 Å². The third-order valence-electron chi connectivity index (χ3n) is 2.42.